The van der Waals surface area contributed by atoms with Crippen molar-refractivity contribution in [2.75, 3.05) is 12.5 Å². The van der Waals surface area contributed by atoms with E-state index in [-0.39, 0.29) is 10.9 Å². The van der Waals surface area contributed by atoms with E-state index in [1.807, 2.05) is 18.5 Å². The van der Waals surface area contributed by atoms with Crippen molar-refractivity contribution in [3.8, 4) is 0 Å². The maximum atomic E-state index is 4.35. The van der Waals surface area contributed by atoms with Crippen molar-refractivity contribution in [1.82, 2.24) is 15.2 Å². The van der Waals surface area contributed by atoms with Gasteiger partial charge in [0.05, 0.1) is 22.1 Å². The van der Waals surface area contributed by atoms with E-state index >= 15 is 0 Å². The van der Waals surface area contributed by atoms with Gasteiger partial charge in [0.25, 0.3) is 0 Å². The van der Waals surface area contributed by atoms with E-state index in [2.05, 4.69) is 27.7 Å². The number of nitrogens with one attached hydrogen (secondary N) is 1. The van der Waals surface area contributed by atoms with Gasteiger partial charge in [-0.3, -0.25) is 10.1 Å². The van der Waals surface area contributed by atoms with Crippen LogP contribution in [0, 0.1) is 0 Å². The van der Waals surface area contributed by atoms with E-state index in [0.717, 1.165) is 10.9 Å². The van der Waals surface area contributed by atoms with Crippen LogP contribution in [0.5, 0.6) is 0 Å². The summed E-state index contributed by atoms with van der Waals surface area (Å²) < 4.78 is 0. The normalized spacial score (nSPS) is 12.0. The Morgan fingerprint density at radius 1 is 1.42 bits per heavy atom. The summed E-state index contributed by atoms with van der Waals surface area (Å²) >= 11 is 0. The van der Waals surface area contributed by atoms with Crippen LogP contribution < -0.4 is 0 Å². The zero-order valence-corrected chi connectivity index (χ0v) is 7.97. The zero-order chi connectivity index (χ0) is 8.55. The first-order chi connectivity index (χ1) is 5.79. The van der Waals surface area contributed by atoms with Crippen LogP contribution in [0.1, 0.15) is 0 Å². The molecule has 0 saturated heterocycles. The molecule has 2 aromatic rings. The Morgan fingerprint density at radius 3 is 3.00 bits per heavy atom. The van der Waals surface area contributed by atoms with Gasteiger partial charge in [0.15, 0.2) is 0 Å². The molecule has 0 spiro atoms. The van der Waals surface area contributed by atoms with Gasteiger partial charge in [-0.1, -0.05) is 0 Å². The van der Waals surface area contributed by atoms with Crippen molar-refractivity contribution in [3.63, 3.8) is 0 Å². The lowest BCUT2D eigenvalue weighted by Crippen LogP contribution is -1.84. The first-order valence-corrected chi connectivity index (χ1v) is 5.98. The number of hydrogen-bond donors (Lipinski definition) is 2. The Labute approximate surface area is 73.6 Å². The Bertz CT molecular complexity index is 394. The highest BCUT2D eigenvalue weighted by Gasteiger charge is 2.04. The molecule has 12 heavy (non-hydrogen) atoms. The van der Waals surface area contributed by atoms with Crippen LogP contribution in [0.4, 0.5) is 0 Å². The number of fused-ring (bicyclic) bond motifs is 1. The minimum absolute atomic E-state index is 0.141. The third kappa shape index (κ3) is 1.08. The fourth-order valence-electron chi connectivity index (χ4n) is 1.21. The lowest BCUT2D eigenvalue weighted by atomic mass is 10.3. The van der Waals surface area contributed by atoms with Gasteiger partial charge in [-0.15, -0.1) is 0 Å². The van der Waals surface area contributed by atoms with Crippen LogP contribution in [-0.4, -0.2) is 27.7 Å². The van der Waals surface area contributed by atoms with Crippen LogP contribution in [0.2, 0.25) is 0 Å². The SMILES string of the molecule is C[SH](C)c1nccc2[nH]ncc12. The standard InChI is InChI=1S/C8H11N3S/c1-12(2)8-6-5-10-11-7(6)3-4-9-8/h3-5,12H,1-2H3,(H,10,11). The van der Waals surface area contributed by atoms with Gasteiger partial charge in [-0.25, -0.2) is 10.9 Å². The van der Waals surface area contributed by atoms with E-state index in [1.54, 1.807) is 0 Å². The molecule has 0 bridgehead atoms. The number of thiol groups is 1. The van der Waals surface area contributed by atoms with E-state index in [9.17, 15) is 0 Å². The molecule has 0 fully saturated rings. The van der Waals surface area contributed by atoms with Gasteiger partial charge in [-0.2, -0.15) is 5.10 Å². The third-order valence-electron chi connectivity index (χ3n) is 1.77. The van der Waals surface area contributed by atoms with E-state index < -0.39 is 0 Å². The molecule has 2 heterocycles. The highest BCUT2D eigenvalue weighted by atomic mass is 32.2. The van der Waals surface area contributed by atoms with Crippen LogP contribution in [0.25, 0.3) is 10.9 Å². The molecule has 0 saturated carbocycles. The molecule has 0 aliphatic heterocycles. The van der Waals surface area contributed by atoms with Gasteiger partial charge in [0.1, 0.15) is 0 Å². The molecular weight excluding hydrogens is 170 g/mol. The third-order valence-corrected chi connectivity index (χ3v) is 2.97. The predicted octanol–water partition coefficient (Wildman–Crippen LogP) is 1.58. The molecule has 0 unspecified atom stereocenters. The Kier molecular flexibility index (Phi) is 1.77. The molecule has 2 aromatic heterocycles. The smallest absolute Gasteiger partial charge is 0.0870 e. The zero-order valence-electron chi connectivity index (χ0n) is 7.07. The van der Waals surface area contributed by atoms with Gasteiger partial charge in [0, 0.05) is 6.20 Å². The molecule has 64 valence electrons. The second kappa shape index (κ2) is 2.79. The van der Waals surface area contributed by atoms with Crippen LogP contribution in [0.3, 0.4) is 0 Å². The Morgan fingerprint density at radius 2 is 2.25 bits per heavy atom. The van der Waals surface area contributed by atoms with Crippen LogP contribution in [0.15, 0.2) is 23.5 Å². The van der Waals surface area contributed by atoms with Gasteiger partial charge in [0.2, 0.25) is 0 Å². The fourth-order valence-corrected chi connectivity index (χ4v) is 2.17. The number of H-pyrrole nitrogens is 1. The minimum atomic E-state index is -0.141. The number of rotatable bonds is 1. The molecule has 0 aromatic carbocycles. The maximum absolute atomic E-state index is 4.35. The molecule has 0 radical (unpaired) electrons. The highest BCUT2D eigenvalue weighted by Crippen LogP contribution is 2.31. The molecule has 2 rings (SSSR count). The molecule has 0 amide bonds. The summed E-state index contributed by atoms with van der Waals surface area (Å²) in [7, 11) is -0.141. The second-order valence-corrected chi connectivity index (χ2v) is 5.07. The van der Waals surface area contributed by atoms with Crippen molar-refractivity contribution in [3.05, 3.63) is 18.5 Å². The van der Waals surface area contributed by atoms with Crippen LogP contribution in [-0.2, 0) is 0 Å². The number of nitrogens with zero attached hydrogens (tertiary/aromatic N) is 2. The molecule has 0 aliphatic rings. The summed E-state index contributed by atoms with van der Waals surface area (Å²) in [4.78, 5) is 4.35. The number of aromatic nitrogens is 3. The molecule has 1 N–H and O–H groups in total. The Hall–Kier alpha value is -1.03. The lowest BCUT2D eigenvalue weighted by Gasteiger charge is -2.07. The summed E-state index contributed by atoms with van der Waals surface area (Å²) in [5.41, 5.74) is 1.08. The predicted molar refractivity (Wildman–Crippen MR) is 53.0 cm³/mol. The fraction of sp³-hybridized carbons (Fsp3) is 0.250. The Balaban J connectivity index is 2.73. The average Bonchev–Trinajstić information content (AvgIpc) is 2.49. The topological polar surface area (TPSA) is 41.6 Å². The summed E-state index contributed by atoms with van der Waals surface area (Å²) in [5.74, 6) is 0. The number of pyridine rings is 1. The quantitative estimate of drug-likeness (QED) is 0.656. The minimum Gasteiger partial charge on any atom is -0.278 e. The van der Waals surface area contributed by atoms with Gasteiger partial charge >= 0.3 is 0 Å². The summed E-state index contributed by atoms with van der Waals surface area (Å²) in [5, 5.41) is 9.26. The molecule has 4 heteroatoms. The monoisotopic (exact) mass is 181 g/mol. The van der Waals surface area contributed by atoms with E-state index in [1.165, 1.54) is 5.03 Å². The van der Waals surface area contributed by atoms with Crippen molar-refractivity contribution >= 4 is 21.8 Å². The first kappa shape index (κ1) is 7.61. The van der Waals surface area contributed by atoms with Gasteiger partial charge in [-0.05, 0) is 18.6 Å². The van der Waals surface area contributed by atoms with E-state index in [0.29, 0.717) is 0 Å². The molecule has 3 nitrogen and oxygen atoms in total. The van der Waals surface area contributed by atoms with E-state index in [4.69, 9.17) is 0 Å². The van der Waals surface area contributed by atoms with Gasteiger partial charge < -0.3 is 0 Å². The maximum Gasteiger partial charge on any atom is 0.0870 e. The second-order valence-electron chi connectivity index (χ2n) is 2.86. The number of hydrogen-bond acceptors (Lipinski definition) is 2. The van der Waals surface area contributed by atoms with Crippen molar-refractivity contribution in [1.29, 1.82) is 0 Å². The summed E-state index contributed by atoms with van der Waals surface area (Å²) in [6.07, 6.45) is 8.08. The van der Waals surface area contributed by atoms with Crippen LogP contribution >= 0.6 is 10.9 Å². The average molecular weight is 181 g/mol. The largest absolute Gasteiger partial charge is 0.278 e. The van der Waals surface area contributed by atoms with Crippen molar-refractivity contribution in [2.45, 2.75) is 5.03 Å². The first-order valence-electron chi connectivity index (χ1n) is 3.74. The summed E-state index contributed by atoms with van der Waals surface area (Å²) in [6, 6.07) is 1.95. The molecule has 0 atom stereocenters. The van der Waals surface area contributed by atoms with Crippen molar-refractivity contribution in [2.24, 2.45) is 0 Å². The summed E-state index contributed by atoms with van der Waals surface area (Å²) in [6.45, 7) is 0. The lowest BCUT2D eigenvalue weighted by molar-refractivity contribution is 1.12. The van der Waals surface area contributed by atoms with Crippen molar-refractivity contribution < 1.29 is 0 Å². The number of aromatic amines is 1. The highest BCUT2D eigenvalue weighted by molar-refractivity contribution is 8.15. The molecular formula is C8H11N3S. The molecule has 0 aliphatic carbocycles.